The molecule has 0 spiro atoms. The number of nitrogens with one attached hydrogen (secondary N) is 1. The zero-order valence-corrected chi connectivity index (χ0v) is 9.89. The molecule has 0 saturated heterocycles. The van der Waals surface area contributed by atoms with Crippen molar-refractivity contribution in [3.63, 3.8) is 0 Å². The van der Waals surface area contributed by atoms with E-state index in [-0.39, 0.29) is 25.9 Å². The van der Waals surface area contributed by atoms with Crippen LogP contribution in [0.1, 0.15) is 19.3 Å². The number of carbonyl (C=O) groups is 3. The summed E-state index contributed by atoms with van der Waals surface area (Å²) in [4.78, 5) is 32.9. The molecule has 0 aliphatic heterocycles. The number of ether oxygens (including phenoxy) is 2. The lowest BCUT2D eigenvalue weighted by atomic mass is 10.1. The fourth-order valence-corrected chi connectivity index (χ4v) is 1.08. The lowest BCUT2D eigenvalue weighted by Gasteiger charge is -2.13. The van der Waals surface area contributed by atoms with E-state index in [9.17, 15) is 14.4 Å². The van der Waals surface area contributed by atoms with E-state index in [0.29, 0.717) is 0 Å². The van der Waals surface area contributed by atoms with Crippen LogP contribution in [-0.4, -0.2) is 49.8 Å². The lowest BCUT2D eigenvalue weighted by Crippen LogP contribution is -2.41. The summed E-state index contributed by atoms with van der Waals surface area (Å²) in [5.41, 5.74) is 0. The van der Waals surface area contributed by atoms with Gasteiger partial charge in [-0.15, -0.1) is 0 Å². The highest BCUT2D eigenvalue weighted by Gasteiger charge is 2.20. The number of aliphatic carboxylic acids is 1. The van der Waals surface area contributed by atoms with Crippen LogP contribution in [0, 0.1) is 0 Å². The number of hydrogen-bond acceptors (Lipinski definition) is 5. The normalized spacial score (nSPS) is 11.6. The van der Waals surface area contributed by atoms with Crippen LogP contribution in [0.2, 0.25) is 0 Å². The highest BCUT2D eigenvalue weighted by molar-refractivity contribution is 5.84. The predicted molar refractivity (Wildman–Crippen MR) is 57.3 cm³/mol. The Morgan fingerprint density at radius 3 is 2.35 bits per heavy atom. The predicted octanol–water partition coefficient (Wildman–Crippen LogP) is -0.454. The van der Waals surface area contributed by atoms with Gasteiger partial charge < -0.3 is 19.9 Å². The van der Waals surface area contributed by atoms with Crippen molar-refractivity contribution < 1.29 is 29.0 Å². The molecular formula is C10H17NO6. The monoisotopic (exact) mass is 247 g/mol. The van der Waals surface area contributed by atoms with E-state index in [1.807, 2.05) is 0 Å². The number of methoxy groups -OCH3 is 2. The molecule has 0 unspecified atom stereocenters. The molecule has 7 nitrogen and oxygen atoms in total. The lowest BCUT2D eigenvalue weighted by molar-refractivity contribution is -0.144. The number of esters is 1. The number of carboxylic acids is 1. The molecule has 0 heterocycles. The summed E-state index contributed by atoms with van der Waals surface area (Å²) in [5.74, 6) is -2.12. The molecule has 0 saturated carbocycles. The number of carbonyl (C=O) groups excluding carboxylic acids is 2. The van der Waals surface area contributed by atoms with E-state index < -0.39 is 23.9 Å². The summed E-state index contributed by atoms with van der Waals surface area (Å²) in [6.45, 7) is 0.217. The SMILES string of the molecule is COCCC(=O)N[C@H](CCC(=O)OC)C(=O)O. The van der Waals surface area contributed by atoms with Gasteiger partial charge in [-0.2, -0.15) is 0 Å². The fraction of sp³-hybridized carbons (Fsp3) is 0.700. The maximum atomic E-state index is 11.3. The first-order valence-corrected chi connectivity index (χ1v) is 5.09. The number of amides is 1. The number of hydrogen-bond donors (Lipinski definition) is 2. The van der Waals surface area contributed by atoms with E-state index in [1.54, 1.807) is 0 Å². The van der Waals surface area contributed by atoms with Crippen LogP contribution < -0.4 is 5.32 Å². The van der Waals surface area contributed by atoms with Gasteiger partial charge in [-0.25, -0.2) is 4.79 Å². The van der Waals surface area contributed by atoms with Gasteiger partial charge in [0.1, 0.15) is 6.04 Å². The largest absolute Gasteiger partial charge is 0.480 e. The highest BCUT2D eigenvalue weighted by Crippen LogP contribution is 2.00. The zero-order chi connectivity index (χ0) is 13.3. The van der Waals surface area contributed by atoms with Crippen LogP contribution in [-0.2, 0) is 23.9 Å². The first-order chi connectivity index (χ1) is 8.01. The van der Waals surface area contributed by atoms with Gasteiger partial charge in [0.2, 0.25) is 5.91 Å². The van der Waals surface area contributed by atoms with Crippen molar-refractivity contribution in [2.24, 2.45) is 0 Å². The van der Waals surface area contributed by atoms with Crippen molar-refractivity contribution in [3.05, 3.63) is 0 Å². The van der Waals surface area contributed by atoms with Gasteiger partial charge in [0.15, 0.2) is 0 Å². The van der Waals surface area contributed by atoms with E-state index in [2.05, 4.69) is 14.8 Å². The van der Waals surface area contributed by atoms with Crippen molar-refractivity contribution >= 4 is 17.8 Å². The molecule has 98 valence electrons. The summed E-state index contributed by atoms with van der Waals surface area (Å²) >= 11 is 0. The molecule has 17 heavy (non-hydrogen) atoms. The zero-order valence-electron chi connectivity index (χ0n) is 9.89. The van der Waals surface area contributed by atoms with Crippen LogP contribution in [0.5, 0.6) is 0 Å². The maximum Gasteiger partial charge on any atom is 0.326 e. The van der Waals surface area contributed by atoms with Crippen molar-refractivity contribution in [1.82, 2.24) is 5.32 Å². The topological polar surface area (TPSA) is 102 Å². The summed E-state index contributed by atoms with van der Waals surface area (Å²) < 4.78 is 9.07. The third-order valence-corrected chi connectivity index (χ3v) is 2.03. The third kappa shape index (κ3) is 7.29. The minimum absolute atomic E-state index is 0.000723. The molecule has 1 atom stereocenters. The van der Waals surface area contributed by atoms with Crippen molar-refractivity contribution in [3.8, 4) is 0 Å². The highest BCUT2D eigenvalue weighted by atomic mass is 16.5. The Morgan fingerprint density at radius 1 is 1.24 bits per heavy atom. The van der Waals surface area contributed by atoms with Crippen molar-refractivity contribution in [2.45, 2.75) is 25.3 Å². The van der Waals surface area contributed by atoms with Gasteiger partial charge >= 0.3 is 11.9 Å². The van der Waals surface area contributed by atoms with Crippen LogP contribution in [0.15, 0.2) is 0 Å². The second kappa shape index (κ2) is 8.51. The number of rotatable bonds is 8. The molecule has 0 aliphatic rings. The van der Waals surface area contributed by atoms with E-state index >= 15 is 0 Å². The maximum absolute atomic E-state index is 11.3. The van der Waals surface area contributed by atoms with Gasteiger partial charge in [-0.05, 0) is 6.42 Å². The molecule has 0 aromatic rings. The molecule has 0 bridgehead atoms. The van der Waals surface area contributed by atoms with E-state index in [4.69, 9.17) is 5.11 Å². The standard InChI is InChI=1S/C10H17NO6/c1-16-6-5-8(12)11-7(10(14)15)3-4-9(13)17-2/h7H,3-6H2,1-2H3,(H,11,12)(H,14,15)/t7-/m1/s1. The summed E-state index contributed by atoms with van der Waals surface area (Å²) in [7, 11) is 2.66. The van der Waals surface area contributed by atoms with Crippen molar-refractivity contribution in [1.29, 1.82) is 0 Å². The molecule has 0 aromatic carbocycles. The Kier molecular flexibility index (Phi) is 7.70. The first-order valence-electron chi connectivity index (χ1n) is 5.09. The van der Waals surface area contributed by atoms with Gasteiger partial charge in [-0.3, -0.25) is 9.59 Å². The molecule has 0 aromatic heterocycles. The second-order valence-electron chi connectivity index (χ2n) is 3.32. The average molecular weight is 247 g/mol. The smallest absolute Gasteiger partial charge is 0.326 e. The average Bonchev–Trinajstić information content (AvgIpc) is 2.30. The summed E-state index contributed by atoms with van der Waals surface area (Å²) in [6.07, 6.45) is 0.0251. The molecular weight excluding hydrogens is 230 g/mol. The van der Waals surface area contributed by atoms with Crippen LogP contribution in [0.4, 0.5) is 0 Å². The van der Waals surface area contributed by atoms with E-state index in [1.165, 1.54) is 14.2 Å². The Hall–Kier alpha value is -1.63. The number of carboxylic acid groups (broad SMARTS) is 1. The first kappa shape index (κ1) is 15.4. The van der Waals surface area contributed by atoms with Crippen LogP contribution in [0.3, 0.4) is 0 Å². The van der Waals surface area contributed by atoms with Gasteiger partial charge in [-0.1, -0.05) is 0 Å². The Labute approximate surface area is 99.1 Å². The second-order valence-corrected chi connectivity index (χ2v) is 3.32. The van der Waals surface area contributed by atoms with Gasteiger partial charge in [0.05, 0.1) is 13.7 Å². The molecule has 1 amide bonds. The molecule has 0 fully saturated rings. The Bertz CT molecular complexity index is 278. The van der Waals surface area contributed by atoms with E-state index in [0.717, 1.165) is 0 Å². The summed E-state index contributed by atoms with van der Waals surface area (Å²) in [5, 5.41) is 11.1. The summed E-state index contributed by atoms with van der Waals surface area (Å²) in [6, 6.07) is -1.08. The van der Waals surface area contributed by atoms with Crippen molar-refractivity contribution in [2.75, 3.05) is 20.8 Å². The molecule has 0 aliphatic carbocycles. The Balaban J connectivity index is 4.10. The Morgan fingerprint density at radius 2 is 1.88 bits per heavy atom. The van der Waals surface area contributed by atoms with Crippen LogP contribution in [0.25, 0.3) is 0 Å². The minimum atomic E-state index is -1.18. The van der Waals surface area contributed by atoms with Gasteiger partial charge in [0.25, 0.3) is 0 Å². The minimum Gasteiger partial charge on any atom is -0.480 e. The van der Waals surface area contributed by atoms with Gasteiger partial charge in [0, 0.05) is 20.0 Å². The van der Waals surface area contributed by atoms with Crippen LogP contribution >= 0.6 is 0 Å². The molecule has 0 radical (unpaired) electrons. The molecule has 2 N–H and O–H groups in total. The molecule has 7 heteroatoms. The molecule has 0 rings (SSSR count). The fourth-order valence-electron chi connectivity index (χ4n) is 1.08. The third-order valence-electron chi connectivity index (χ3n) is 2.03. The quantitative estimate of drug-likeness (QED) is 0.563.